The van der Waals surface area contributed by atoms with Crippen molar-refractivity contribution < 1.29 is 17.3 Å². The molecule has 2 atom stereocenters. The average Bonchev–Trinajstić information content (AvgIpc) is 2.97. The second kappa shape index (κ2) is 7.21. The zero-order chi connectivity index (χ0) is 18.0. The van der Waals surface area contributed by atoms with Crippen LogP contribution in [0.3, 0.4) is 0 Å². The van der Waals surface area contributed by atoms with Gasteiger partial charge in [0.15, 0.2) is 4.21 Å². The molecule has 2 unspecified atom stereocenters. The SMILES string of the molecule is CCC(C)(C)C(=O)[N+]([O-])(C1CCCNCC1)S(=O)(=O)c1cccs1. The van der Waals surface area contributed by atoms with Crippen molar-refractivity contribution in [1.29, 1.82) is 0 Å². The summed E-state index contributed by atoms with van der Waals surface area (Å²) in [5.74, 6) is -0.759. The Hall–Kier alpha value is -0.800. The topological polar surface area (TPSA) is 86.3 Å². The van der Waals surface area contributed by atoms with E-state index in [2.05, 4.69) is 5.32 Å². The summed E-state index contributed by atoms with van der Waals surface area (Å²) >= 11 is 0.990. The summed E-state index contributed by atoms with van der Waals surface area (Å²) in [6.45, 7) is 6.39. The van der Waals surface area contributed by atoms with E-state index in [9.17, 15) is 18.4 Å². The van der Waals surface area contributed by atoms with Gasteiger partial charge in [-0.05, 0) is 50.7 Å². The van der Waals surface area contributed by atoms with Crippen molar-refractivity contribution in [3.05, 3.63) is 22.7 Å². The third-order valence-corrected chi connectivity index (χ3v) is 8.28. The molecular weight excluding hydrogens is 348 g/mol. The lowest BCUT2D eigenvalue weighted by molar-refractivity contribution is -0.709. The number of carbonyl (C=O) groups excluding carboxylic acids is 1. The predicted molar refractivity (Wildman–Crippen MR) is 94.7 cm³/mol. The Morgan fingerprint density at radius 3 is 2.71 bits per heavy atom. The van der Waals surface area contributed by atoms with E-state index < -0.39 is 31.4 Å². The lowest BCUT2D eigenvalue weighted by Crippen LogP contribution is -2.62. The number of hydroxylamine groups is 2. The zero-order valence-electron chi connectivity index (χ0n) is 14.4. The Balaban J connectivity index is 2.58. The van der Waals surface area contributed by atoms with Crippen LogP contribution in [-0.4, -0.2) is 37.5 Å². The zero-order valence-corrected chi connectivity index (χ0v) is 16.1. The van der Waals surface area contributed by atoms with Crippen molar-refractivity contribution >= 4 is 27.3 Å². The molecule has 0 bridgehead atoms. The van der Waals surface area contributed by atoms with Crippen molar-refractivity contribution in [2.24, 2.45) is 5.41 Å². The number of quaternary nitrogens is 1. The molecule has 0 radical (unpaired) electrons. The van der Waals surface area contributed by atoms with Crippen molar-refractivity contribution in [3.8, 4) is 0 Å². The van der Waals surface area contributed by atoms with Crippen LogP contribution in [0.5, 0.6) is 0 Å². The summed E-state index contributed by atoms with van der Waals surface area (Å²) in [5, 5.41) is 18.6. The standard InChI is InChI=1S/C16H26N2O4S2/c1-4-16(2,3)15(19)18(20,13-7-5-10-17-11-9-13)24(21,22)14-8-6-12-23-14/h6,8,12-13,17H,4-5,7,9-11H2,1-3H3. The van der Waals surface area contributed by atoms with Crippen molar-refractivity contribution in [1.82, 2.24) is 5.32 Å². The summed E-state index contributed by atoms with van der Waals surface area (Å²) in [5.41, 5.74) is -0.994. The Kier molecular flexibility index (Phi) is 5.87. The fraction of sp³-hybridized carbons (Fsp3) is 0.688. The van der Waals surface area contributed by atoms with Gasteiger partial charge in [-0.1, -0.05) is 6.92 Å². The number of rotatable bonds is 5. The summed E-state index contributed by atoms with van der Waals surface area (Å²) in [6.07, 6.45) is 1.90. The van der Waals surface area contributed by atoms with E-state index in [1.165, 1.54) is 6.07 Å². The minimum Gasteiger partial charge on any atom is -0.608 e. The largest absolute Gasteiger partial charge is 0.608 e. The molecule has 1 aliphatic rings. The van der Waals surface area contributed by atoms with Gasteiger partial charge in [0.05, 0.1) is 5.41 Å². The summed E-state index contributed by atoms with van der Waals surface area (Å²) in [7, 11) is -4.34. The van der Waals surface area contributed by atoms with Gasteiger partial charge in [0.1, 0.15) is 6.04 Å². The average molecular weight is 375 g/mol. The number of hydrogen-bond donors (Lipinski definition) is 1. The van der Waals surface area contributed by atoms with E-state index in [-0.39, 0.29) is 4.21 Å². The van der Waals surface area contributed by atoms with Crippen LogP contribution in [0.2, 0.25) is 0 Å². The number of amides is 1. The third-order valence-electron chi connectivity index (χ3n) is 4.88. The summed E-state index contributed by atoms with van der Waals surface area (Å²) in [4.78, 5) is 13.1. The fourth-order valence-electron chi connectivity index (χ4n) is 2.93. The van der Waals surface area contributed by atoms with Crippen LogP contribution in [0, 0.1) is 10.6 Å². The number of nitrogens with zero attached hydrogens (tertiary/aromatic N) is 1. The lowest BCUT2D eigenvalue weighted by Gasteiger charge is -2.46. The minimum atomic E-state index is -4.34. The van der Waals surface area contributed by atoms with Gasteiger partial charge in [0.2, 0.25) is 0 Å². The number of hydrogen-bond acceptors (Lipinski definition) is 6. The highest BCUT2D eigenvalue weighted by Crippen LogP contribution is 2.39. The van der Waals surface area contributed by atoms with Gasteiger partial charge in [-0.25, -0.2) is 4.79 Å². The van der Waals surface area contributed by atoms with Crippen LogP contribution in [0.4, 0.5) is 0 Å². The molecule has 1 aliphatic heterocycles. The normalized spacial score (nSPS) is 22.6. The molecule has 8 heteroatoms. The summed E-state index contributed by atoms with van der Waals surface area (Å²) < 4.78 is 24.5. The Morgan fingerprint density at radius 2 is 2.12 bits per heavy atom. The molecule has 1 amide bonds. The molecule has 6 nitrogen and oxygen atoms in total. The molecule has 0 aliphatic carbocycles. The van der Waals surface area contributed by atoms with Gasteiger partial charge < -0.3 is 10.5 Å². The molecule has 1 aromatic rings. The molecule has 0 aromatic carbocycles. The highest BCUT2D eigenvalue weighted by molar-refractivity contribution is 7.88. The number of sulfonamides is 1. The van der Waals surface area contributed by atoms with Crippen LogP contribution in [0.1, 0.15) is 46.5 Å². The van der Waals surface area contributed by atoms with Crippen LogP contribution < -0.4 is 5.32 Å². The first kappa shape index (κ1) is 19.5. The van der Waals surface area contributed by atoms with E-state index >= 15 is 0 Å². The monoisotopic (exact) mass is 374 g/mol. The van der Waals surface area contributed by atoms with Crippen molar-refractivity contribution in [2.75, 3.05) is 13.1 Å². The van der Waals surface area contributed by atoms with Gasteiger partial charge in [-0.2, -0.15) is 12.5 Å². The van der Waals surface area contributed by atoms with Crippen LogP contribution in [-0.2, 0) is 14.8 Å². The van der Waals surface area contributed by atoms with Gasteiger partial charge in [0.25, 0.3) is 0 Å². The molecular formula is C16H26N2O4S2. The van der Waals surface area contributed by atoms with Crippen LogP contribution in [0.15, 0.2) is 21.7 Å². The molecule has 2 heterocycles. The second-order valence-corrected chi connectivity index (χ2v) is 10.0. The van der Waals surface area contributed by atoms with E-state index in [4.69, 9.17) is 0 Å². The van der Waals surface area contributed by atoms with Gasteiger partial charge in [-0.3, -0.25) is 0 Å². The maximum absolute atomic E-state index is 13.8. The fourth-order valence-corrected chi connectivity index (χ4v) is 5.95. The van der Waals surface area contributed by atoms with E-state index in [0.717, 1.165) is 17.9 Å². The molecule has 1 saturated heterocycles. The first-order valence-electron chi connectivity index (χ1n) is 8.32. The lowest BCUT2D eigenvalue weighted by atomic mass is 9.88. The summed E-state index contributed by atoms with van der Waals surface area (Å²) in [6, 6.07) is 2.23. The van der Waals surface area contributed by atoms with Crippen LogP contribution >= 0.6 is 11.3 Å². The Labute approximate surface area is 148 Å². The smallest absolute Gasteiger partial charge is 0.343 e. The van der Waals surface area contributed by atoms with Crippen molar-refractivity contribution in [2.45, 2.75) is 56.7 Å². The molecule has 24 heavy (non-hydrogen) atoms. The van der Waals surface area contributed by atoms with Crippen LogP contribution in [0.25, 0.3) is 0 Å². The predicted octanol–water partition coefficient (Wildman–Crippen LogP) is 2.86. The Morgan fingerprint density at radius 1 is 1.42 bits per heavy atom. The number of thiophene rings is 1. The molecule has 1 aromatic heterocycles. The molecule has 1 N–H and O–H groups in total. The van der Waals surface area contributed by atoms with Gasteiger partial charge in [0, 0.05) is 19.4 Å². The highest BCUT2D eigenvalue weighted by atomic mass is 32.2. The Bertz CT molecular complexity index is 662. The molecule has 136 valence electrons. The molecule has 1 fully saturated rings. The van der Waals surface area contributed by atoms with Gasteiger partial charge in [-0.15, -0.1) is 11.3 Å². The van der Waals surface area contributed by atoms with Gasteiger partial charge >= 0.3 is 15.9 Å². The second-order valence-electron chi connectivity index (χ2n) is 6.88. The molecule has 0 spiro atoms. The molecule has 2 rings (SSSR count). The third kappa shape index (κ3) is 3.30. The van der Waals surface area contributed by atoms with Crippen molar-refractivity contribution in [3.63, 3.8) is 0 Å². The molecule has 0 saturated carbocycles. The minimum absolute atomic E-state index is 0.0324. The first-order chi connectivity index (χ1) is 11.2. The number of carbonyl (C=O) groups is 1. The quantitative estimate of drug-likeness (QED) is 0.633. The first-order valence-corrected chi connectivity index (χ1v) is 10.6. The number of nitrogens with one attached hydrogen (secondary N) is 1. The van der Waals surface area contributed by atoms with E-state index in [1.54, 1.807) is 32.2 Å². The maximum atomic E-state index is 13.8. The van der Waals surface area contributed by atoms with E-state index in [0.29, 0.717) is 32.2 Å². The maximum Gasteiger partial charge on any atom is 0.343 e. The highest BCUT2D eigenvalue weighted by Gasteiger charge is 2.53. The van der Waals surface area contributed by atoms with E-state index in [1.807, 2.05) is 0 Å².